The highest BCUT2D eigenvalue weighted by molar-refractivity contribution is 5.96. The fraction of sp³-hybridized carbons (Fsp3) is 0.133. The Hall–Kier alpha value is -4.58. The van der Waals surface area contributed by atoms with Crippen LogP contribution >= 0.6 is 0 Å². The summed E-state index contributed by atoms with van der Waals surface area (Å²) < 4.78 is 5.92. The number of nitrogens with one attached hydrogen (secondary N) is 2. The maximum atomic E-state index is 12.9. The highest BCUT2D eigenvalue weighted by Gasteiger charge is 2.13. The molecule has 2 N–H and O–H groups in total. The van der Waals surface area contributed by atoms with Gasteiger partial charge in [-0.1, -0.05) is 78.9 Å². The molecule has 0 fully saturated rings. The van der Waals surface area contributed by atoms with Crippen LogP contribution < -0.4 is 15.4 Å². The minimum absolute atomic E-state index is 0.0461. The zero-order valence-corrected chi connectivity index (χ0v) is 20.2. The Morgan fingerprint density at radius 2 is 1.44 bits per heavy atom. The summed E-state index contributed by atoms with van der Waals surface area (Å²) in [5.74, 6) is 0.295. The second-order valence-electron chi connectivity index (χ2n) is 8.40. The van der Waals surface area contributed by atoms with Crippen LogP contribution in [0.2, 0.25) is 0 Å². The zero-order valence-electron chi connectivity index (χ0n) is 20.2. The van der Waals surface area contributed by atoms with E-state index in [1.165, 1.54) is 0 Å². The van der Waals surface area contributed by atoms with Crippen molar-refractivity contribution >= 4 is 23.2 Å². The van der Waals surface area contributed by atoms with Gasteiger partial charge in [0.15, 0.2) is 0 Å². The van der Waals surface area contributed by atoms with Crippen LogP contribution in [0.4, 0.5) is 11.4 Å². The summed E-state index contributed by atoms with van der Waals surface area (Å²) >= 11 is 0. The molecule has 4 rings (SSSR count). The first-order chi connectivity index (χ1) is 17.6. The molecular formula is C30H29N3O3. The topological polar surface area (TPSA) is 70.7 Å². The van der Waals surface area contributed by atoms with E-state index >= 15 is 0 Å². The van der Waals surface area contributed by atoms with Gasteiger partial charge in [0.1, 0.15) is 12.4 Å². The van der Waals surface area contributed by atoms with Gasteiger partial charge in [-0.05, 0) is 41.5 Å². The number of carbonyl (C=O) groups is 2. The number of benzene rings is 4. The van der Waals surface area contributed by atoms with Crippen LogP contribution in [0.15, 0.2) is 109 Å². The van der Waals surface area contributed by atoms with Crippen molar-refractivity contribution in [1.82, 2.24) is 4.90 Å². The van der Waals surface area contributed by atoms with Crippen LogP contribution in [0.3, 0.4) is 0 Å². The molecule has 0 aromatic heterocycles. The number of hydrogen-bond acceptors (Lipinski definition) is 4. The van der Waals surface area contributed by atoms with Crippen LogP contribution in [-0.2, 0) is 17.9 Å². The van der Waals surface area contributed by atoms with E-state index in [9.17, 15) is 9.59 Å². The van der Waals surface area contributed by atoms with Gasteiger partial charge in [-0.15, -0.1) is 0 Å². The van der Waals surface area contributed by atoms with E-state index in [1.807, 2.05) is 84.9 Å². The lowest BCUT2D eigenvalue weighted by atomic mass is 10.1. The van der Waals surface area contributed by atoms with Crippen molar-refractivity contribution in [3.05, 3.63) is 126 Å². The molecule has 6 nitrogen and oxygen atoms in total. The van der Waals surface area contributed by atoms with Crippen LogP contribution in [0, 0.1) is 0 Å². The number of rotatable bonds is 10. The monoisotopic (exact) mass is 479 g/mol. The van der Waals surface area contributed by atoms with Crippen molar-refractivity contribution in [2.75, 3.05) is 24.2 Å². The molecule has 0 spiro atoms. The van der Waals surface area contributed by atoms with E-state index < -0.39 is 0 Å². The second-order valence-corrected chi connectivity index (χ2v) is 8.40. The molecule has 0 bridgehead atoms. The van der Waals surface area contributed by atoms with Crippen LogP contribution in [0.25, 0.3) is 0 Å². The largest absolute Gasteiger partial charge is 0.487 e. The van der Waals surface area contributed by atoms with Gasteiger partial charge in [0.2, 0.25) is 5.91 Å². The first-order valence-electron chi connectivity index (χ1n) is 11.8. The highest BCUT2D eigenvalue weighted by Crippen LogP contribution is 2.25. The lowest BCUT2D eigenvalue weighted by molar-refractivity contribution is -0.114. The fourth-order valence-corrected chi connectivity index (χ4v) is 3.72. The fourth-order valence-electron chi connectivity index (χ4n) is 3.72. The van der Waals surface area contributed by atoms with E-state index in [1.54, 1.807) is 36.2 Å². The van der Waals surface area contributed by atoms with Gasteiger partial charge in [-0.3, -0.25) is 9.59 Å². The Labute approximate surface area is 211 Å². The lowest BCUT2D eigenvalue weighted by Gasteiger charge is -2.18. The molecule has 2 amide bonds. The Morgan fingerprint density at radius 1 is 0.778 bits per heavy atom. The molecular weight excluding hydrogens is 450 g/mol. The SMILES string of the molecule is CN(Cc1ccccc1)C(=O)c1cccc(NCC(=O)Nc2ccccc2OCc2ccccc2)c1. The molecule has 0 unspecified atom stereocenters. The third-order valence-corrected chi connectivity index (χ3v) is 5.57. The molecule has 0 aliphatic carbocycles. The third-order valence-electron chi connectivity index (χ3n) is 5.57. The lowest BCUT2D eigenvalue weighted by Crippen LogP contribution is -2.26. The number of ether oxygens (including phenoxy) is 1. The zero-order chi connectivity index (χ0) is 25.2. The summed E-state index contributed by atoms with van der Waals surface area (Å²) in [4.78, 5) is 27.2. The molecule has 182 valence electrons. The van der Waals surface area contributed by atoms with Crippen molar-refractivity contribution in [3.63, 3.8) is 0 Å². The average Bonchev–Trinajstić information content (AvgIpc) is 2.92. The van der Waals surface area contributed by atoms with Gasteiger partial charge in [0.05, 0.1) is 12.2 Å². The van der Waals surface area contributed by atoms with E-state index in [2.05, 4.69) is 10.6 Å². The minimum atomic E-state index is -0.219. The van der Waals surface area contributed by atoms with Crippen LogP contribution in [-0.4, -0.2) is 30.3 Å². The standard InChI is InChI=1S/C30H29N3O3/c1-33(21-23-11-4-2-5-12-23)30(35)25-15-10-16-26(19-25)31-20-29(34)32-27-17-8-9-18-28(27)36-22-24-13-6-3-7-14-24/h2-19,31H,20-22H2,1H3,(H,32,34). The molecule has 0 saturated heterocycles. The molecule has 4 aromatic rings. The molecule has 36 heavy (non-hydrogen) atoms. The first-order valence-corrected chi connectivity index (χ1v) is 11.8. The Morgan fingerprint density at radius 3 is 2.19 bits per heavy atom. The Kier molecular flexibility index (Phi) is 8.33. The smallest absolute Gasteiger partial charge is 0.253 e. The molecule has 0 aliphatic heterocycles. The van der Waals surface area contributed by atoms with Crippen LogP contribution in [0.5, 0.6) is 5.75 Å². The first kappa shape index (κ1) is 24.5. The average molecular weight is 480 g/mol. The van der Waals surface area contributed by atoms with Gasteiger partial charge < -0.3 is 20.3 Å². The second kappa shape index (κ2) is 12.2. The van der Waals surface area contributed by atoms with Gasteiger partial charge in [0.25, 0.3) is 5.91 Å². The molecule has 0 aliphatic rings. The van der Waals surface area contributed by atoms with Gasteiger partial charge >= 0.3 is 0 Å². The quantitative estimate of drug-likeness (QED) is 0.311. The minimum Gasteiger partial charge on any atom is -0.487 e. The van der Waals surface area contributed by atoms with E-state index in [-0.39, 0.29) is 18.4 Å². The van der Waals surface area contributed by atoms with Gasteiger partial charge in [0, 0.05) is 24.8 Å². The molecule has 0 radical (unpaired) electrons. The van der Waals surface area contributed by atoms with Crippen molar-refractivity contribution < 1.29 is 14.3 Å². The van der Waals surface area contributed by atoms with Crippen molar-refractivity contribution in [3.8, 4) is 5.75 Å². The van der Waals surface area contributed by atoms with Gasteiger partial charge in [-0.2, -0.15) is 0 Å². The summed E-state index contributed by atoms with van der Waals surface area (Å²) in [6.45, 7) is 0.974. The Bertz CT molecular complexity index is 1290. The maximum absolute atomic E-state index is 12.9. The molecule has 0 heterocycles. The highest BCUT2D eigenvalue weighted by atomic mass is 16.5. The predicted molar refractivity (Wildman–Crippen MR) is 143 cm³/mol. The molecule has 0 atom stereocenters. The van der Waals surface area contributed by atoms with E-state index in [4.69, 9.17) is 4.74 Å². The number of carbonyl (C=O) groups excluding carboxylic acids is 2. The predicted octanol–water partition coefficient (Wildman–Crippen LogP) is 5.59. The third kappa shape index (κ3) is 6.96. The number of anilines is 2. The van der Waals surface area contributed by atoms with Crippen molar-refractivity contribution in [1.29, 1.82) is 0 Å². The summed E-state index contributed by atoms with van der Waals surface area (Å²) in [5.41, 5.74) is 3.96. The summed E-state index contributed by atoms with van der Waals surface area (Å²) in [6.07, 6.45) is 0. The van der Waals surface area contributed by atoms with Crippen molar-refractivity contribution in [2.24, 2.45) is 0 Å². The van der Waals surface area contributed by atoms with E-state index in [0.717, 1.165) is 11.1 Å². The van der Waals surface area contributed by atoms with E-state index in [0.29, 0.717) is 35.8 Å². The normalized spacial score (nSPS) is 10.4. The number of nitrogens with zero attached hydrogens (tertiary/aromatic N) is 1. The van der Waals surface area contributed by atoms with Crippen molar-refractivity contribution in [2.45, 2.75) is 13.2 Å². The molecule has 6 heteroatoms. The summed E-state index contributed by atoms with van der Waals surface area (Å²) in [6, 6.07) is 34.2. The molecule has 4 aromatic carbocycles. The number of amides is 2. The van der Waals surface area contributed by atoms with Crippen LogP contribution in [0.1, 0.15) is 21.5 Å². The molecule has 0 saturated carbocycles. The maximum Gasteiger partial charge on any atom is 0.253 e. The van der Waals surface area contributed by atoms with Gasteiger partial charge in [-0.25, -0.2) is 0 Å². The summed E-state index contributed by atoms with van der Waals surface area (Å²) in [5, 5.41) is 6.00. The summed E-state index contributed by atoms with van der Waals surface area (Å²) in [7, 11) is 1.78. The number of para-hydroxylation sites is 2. The Balaban J connectivity index is 1.32. The number of hydrogen-bond donors (Lipinski definition) is 2.